The number of aliphatic hydroxyl groups is 1. The van der Waals surface area contributed by atoms with Crippen LogP contribution in [-0.4, -0.2) is 48.2 Å². The maximum Gasteiger partial charge on any atom is 0.242 e. The zero-order valence-corrected chi connectivity index (χ0v) is 11.9. The van der Waals surface area contributed by atoms with E-state index in [9.17, 15) is 4.79 Å². The Hall–Kier alpha value is -0.610. The van der Waals surface area contributed by atoms with Gasteiger partial charge in [0.2, 0.25) is 5.91 Å². The molecule has 0 aromatic carbocycles. The third kappa shape index (κ3) is 3.95. The smallest absolute Gasteiger partial charge is 0.242 e. The minimum atomic E-state index is -0.291. The Morgan fingerprint density at radius 2 is 2.17 bits per heavy atom. The summed E-state index contributed by atoms with van der Waals surface area (Å²) in [6, 6.07) is 0. The number of unbranched alkanes of at least 4 members (excludes halogenated alkanes) is 2. The predicted octanol–water partition coefficient (Wildman–Crippen LogP) is 1.53. The van der Waals surface area contributed by atoms with Crippen molar-refractivity contribution in [3.05, 3.63) is 0 Å². The number of nitrogens with zero attached hydrogens (tertiary/aromatic N) is 1. The van der Waals surface area contributed by atoms with E-state index in [1.54, 1.807) is 0 Å². The summed E-state index contributed by atoms with van der Waals surface area (Å²) in [5.41, 5.74) is -0.291. The van der Waals surface area contributed by atoms with E-state index in [-0.39, 0.29) is 18.1 Å². The molecule has 0 aromatic heterocycles. The van der Waals surface area contributed by atoms with Crippen LogP contribution >= 0.6 is 0 Å². The summed E-state index contributed by atoms with van der Waals surface area (Å²) in [4.78, 5) is 14.4. The fraction of sp³-hybridized carbons (Fsp3) is 0.929. The quantitative estimate of drug-likeness (QED) is 0.648. The lowest BCUT2D eigenvalue weighted by atomic mass is 9.90. The fourth-order valence-corrected chi connectivity index (χ4v) is 2.84. The predicted molar refractivity (Wildman–Crippen MR) is 73.4 cm³/mol. The van der Waals surface area contributed by atoms with E-state index in [4.69, 9.17) is 5.11 Å². The second-order valence-electron chi connectivity index (χ2n) is 5.37. The standard InChI is InChI=1S/C14H28N2O2/c1-3-8-14(9-7-10-15-14)13(18)16(2)11-5-4-6-12-17/h15,17H,3-12H2,1-2H3. The van der Waals surface area contributed by atoms with Crippen LogP contribution in [0, 0.1) is 0 Å². The monoisotopic (exact) mass is 256 g/mol. The van der Waals surface area contributed by atoms with Gasteiger partial charge in [-0.2, -0.15) is 0 Å². The van der Waals surface area contributed by atoms with Gasteiger partial charge >= 0.3 is 0 Å². The van der Waals surface area contributed by atoms with E-state index in [1.165, 1.54) is 0 Å². The number of nitrogens with one attached hydrogen (secondary N) is 1. The molecule has 18 heavy (non-hydrogen) atoms. The van der Waals surface area contributed by atoms with Gasteiger partial charge in [0.15, 0.2) is 0 Å². The molecule has 1 saturated heterocycles. The first-order chi connectivity index (χ1) is 8.66. The molecular weight excluding hydrogens is 228 g/mol. The normalized spacial score (nSPS) is 23.3. The van der Waals surface area contributed by atoms with Gasteiger partial charge in [-0.1, -0.05) is 13.3 Å². The van der Waals surface area contributed by atoms with Crippen LogP contribution in [0.15, 0.2) is 0 Å². The van der Waals surface area contributed by atoms with Gasteiger partial charge in [0.05, 0.1) is 5.54 Å². The molecule has 1 fully saturated rings. The van der Waals surface area contributed by atoms with Crippen LogP contribution in [0.5, 0.6) is 0 Å². The average molecular weight is 256 g/mol. The van der Waals surface area contributed by atoms with Crippen molar-refractivity contribution in [3.8, 4) is 0 Å². The molecule has 4 heteroatoms. The number of amides is 1. The lowest BCUT2D eigenvalue weighted by Gasteiger charge is -2.32. The molecule has 0 radical (unpaired) electrons. The zero-order chi connectivity index (χ0) is 13.4. The first kappa shape index (κ1) is 15.4. The Balaban J connectivity index is 2.44. The third-order valence-corrected chi connectivity index (χ3v) is 3.83. The van der Waals surface area contributed by atoms with Gasteiger partial charge in [0.1, 0.15) is 0 Å². The number of carbonyl (C=O) groups is 1. The van der Waals surface area contributed by atoms with Crippen molar-refractivity contribution in [1.82, 2.24) is 10.2 Å². The van der Waals surface area contributed by atoms with Crippen molar-refractivity contribution in [1.29, 1.82) is 0 Å². The van der Waals surface area contributed by atoms with Crippen molar-refractivity contribution in [2.75, 3.05) is 26.7 Å². The first-order valence-corrected chi connectivity index (χ1v) is 7.28. The molecule has 0 bridgehead atoms. The lowest BCUT2D eigenvalue weighted by Crippen LogP contribution is -2.54. The number of aliphatic hydroxyl groups excluding tert-OH is 1. The Morgan fingerprint density at radius 1 is 1.39 bits per heavy atom. The Bertz CT molecular complexity index is 250. The summed E-state index contributed by atoms with van der Waals surface area (Å²) in [6.07, 6.45) is 6.85. The summed E-state index contributed by atoms with van der Waals surface area (Å²) < 4.78 is 0. The molecule has 1 aliphatic rings. The van der Waals surface area contributed by atoms with Crippen molar-refractivity contribution in [2.45, 2.75) is 57.4 Å². The summed E-state index contributed by atoms with van der Waals surface area (Å²) in [7, 11) is 1.90. The van der Waals surface area contributed by atoms with Crippen LogP contribution in [0.2, 0.25) is 0 Å². The van der Waals surface area contributed by atoms with Crippen LogP contribution in [0.25, 0.3) is 0 Å². The molecule has 4 nitrogen and oxygen atoms in total. The Labute approximate surface area is 111 Å². The highest BCUT2D eigenvalue weighted by atomic mass is 16.2. The molecule has 1 atom stereocenters. The third-order valence-electron chi connectivity index (χ3n) is 3.83. The van der Waals surface area contributed by atoms with Gasteiger partial charge in [-0.25, -0.2) is 0 Å². The van der Waals surface area contributed by atoms with Crippen LogP contribution < -0.4 is 5.32 Å². The maximum atomic E-state index is 12.5. The minimum Gasteiger partial charge on any atom is -0.396 e. The number of hydrogen-bond donors (Lipinski definition) is 2. The second-order valence-corrected chi connectivity index (χ2v) is 5.37. The summed E-state index contributed by atoms with van der Waals surface area (Å²) in [6.45, 7) is 4.14. The molecular formula is C14H28N2O2. The number of carbonyl (C=O) groups excluding carboxylic acids is 1. The molecule has 0 spiro atoms. The van der Waals surface area contributed by atoms with Gasteiger partial charge in [0.25, 0.3) is 0 Å². The van der Waals surface area contributed by atoms with E-state index >= 15 is 0 Å². The maximum absolute atomic E-state index is 12.5. The van der Waals surface area contributed by atoms with Gasteiger partial charge < -0.3 is 15.3 Å². The fourth-order valence-electron chi connectivity index (χ4n) is 2.84. The molecule has 1 rings (SSSR count). The second kappa shape index (κ2) is 7.74. The van der Waals surface area contributed by atoms with Crippen LogP contribution in [0.3, 0.4) is 0 Å². The largest absolute Gasteiger partial charge is 0.396 e. The highest BCUT2D eigenvalue weighted by molar-refractivity contribution is 5.86. The summed E-state index contributed by atoms with van der Waals surface area (Å²) in [5, 5.41) is 12.2. The zero-order valence-electron chi connectivity index (χ0n) is 11.9. The molecule has 1 amide bonds. The number of likely N-dealkylation sites (N-methyl/N-ethyl adjacent to an activating group) is 1. The Kier molecular flexibility index (Phi) is 6.65. The first-order valence-electron chi connectivity index (χ1n) is 7.28. The SMILES string of the molecule is CCCC1(C(=O)N(C)CCCCCO)CCCN1. The number of rotatable bonds is 8. The van der Waals surface area contributed by atoms with E-state index < -0.39 is 0 Å². The van der Waals surface area contributed by atoms with E-state index in [1.807, 2.05) is 11.9 Å². The average Bonchev–Trinajstić information content (AvgIpc) is 2.83. The highest BCUT2D eigenvalue weighted by Gasteiger charge is 2.41. The van der Waals surface area contributed by atoms with Gasteiger partial charge in [-0.05, 0) is 45.1 Å². The number of hydrogen-bond acceptors (Lipinski definition) is 3. The van der Waals surface area contributed by atoms with Crippen molar-refractivity contribution in [2.24, 2.45) is 0 Å². The van der Waals surface area contributed by atoms with E-state index in [2.05, 4.69) is 12.2 Å². The molecule has 1 aliphatic heterocycles. The molecule has 0 aliphatic carbocycles. The van der Waals surface area contributed by atoms with Gasteiger partial charge in [-0.15, -0.1) is 0 Å². The van der Waals surface area contributed by atoms with Crippen LogP contribution in [0.4, 0.5) is 0 Å². The van der Waals surface area contributed by atoms with Crippen LogP contribution in [-0.2, 0) is 4.79 Å². The molecule has 2 N–H and O–H groups in total. The van der Waals surface area contributed by atoms with Gasteiger partial charge in [-0.3, -0.25) is 4.79 Å². The molecule has 106 valence electrons. The Morgan fingerprint density at radius 3 is 2.72 bits per heavy atom. The van der Waals surface area contributed by atoms with E-state index in [0.717, 1.165) is 58.0 Å². The molecule has 1 unspecified atom stereocenters. The summed E-state index contributed by atoms with van der Waals surface area (Å²) >= 11 is 0. The lowest BCUT2D eigenvalue weighted by molar-refractivity contribution is -0.136. The van der Waals surface area contributed by atoms with E-state index in [0.29, 0.717) is 0 Å². The van der Waals surface area contributed by atoms with Crippen molar-refractivity contribution >= 4 is 5.91 Å². The molecule has 0 aromatic rings. The van der Waals surface area contributed by atoms with Crippen LogP contribution in [0.1, 0.15) is 51.9 Å². The van der Waals surface area contributed by atoms with Crippen molar-refractivity contribution < 1.29 is 9.90 Å². The minimum absolute atomic E-state index is 0.249. The topological polar surface area (TPSA) is 52.6 Å². The molecule has 1 heterocycles. The van der Waals surface area contributed by atoms with Gasteiger partial charge in [0, 0.05) is 20.2 Å². The highest BCUT2D eigenvalue weighted by Crippen LogP contribution is 2.26. The summed E-state index contributed by atoms with van der Waals surface area (Å²) in [5.74, 6) is 0.255. The molecule has 0 saturated carbocycles. The van der Waals surface area contributed by atoms with Crippen molar-refractivity contribution in [3.63, 3.8) is 0 Å².